The van der Waals surface area contributed by atoms with Crippen LogP contribution in [0.3, 0.4) is 0 Å². The third-order valence-electron chi connectivity index (χ3n) is 3.87. The highest BCUT2D eigenvalue weighted by atomic mass is 32.2. The van der Waals surface area contributed by atoms with Crippen molar-refractivity contribution in [1.82, 2.24) is 9.62 Å². The summed E-state index contributed by atoms with van der Waals surface area (Å²) < 4.78 is 27.4. The van der Waals surface area contributed by atoms with Crippen LogP contribution in [0.2, 0.25) is 0 Å². The number of nitrogens with one attached hydrogen (secondary N) is 1. The summed E-state index contributed by atoms with van der Waals surface area (Å²) in [5.41, 5.74) is -0.269. The average Bonchev–Trinajstić information content (AvgIpc) is 2.89. The van der Waals surface area contributed by atoms with Crippen LogP contribution in [-0.4, -0.2) is 31.4 Å². The summed E-state index contributed by atoms with van der Waals surface area (Å²) in [6.45, 7) is 10.2. The summed E-state index contributed by atoms with van der Waals surface area (Å²) in [5, 5.41) is 3.24. The van der Waals surface area contributed by atoms with Gasteiger partial charge in [0.15, 0.2) is 0 Å². The van der Waals surface area contributed by atoms with Gasteiger partial charge in [-0.05, 0) is 46.2 Å². The summed E-state index contributed by atoms with van der Waals surface area (Å²) >= 11 is 1.57. The van der Waals surface area contributed by atoms with Crippen molar-refractivity contribution in [2.75, 3.05) is 13.1 Å². The monoisotopic (exact) mass is 316 g/mol. The summed E-state index contributed by atoms with van der Waals surface area (Å²) in [6.07, 6.45) is 1.87. The maximum absolute atomic E-state index is 12.9. The molecule has 0 bridgehead atoms. The van der Waals surface area contributed by atoms with E-state index in [1.54, 1.807) is 15.6 Å². The molecule has 1 aromatic rings. The zero-order valence-electron chi connectivity index (χ0n) is 12.7. The molecular formula is C14H24N2O2S2. The molecule has 2 heterocycles. The van der Waals surface area contributed by atoms with Crippen LogP contribution in [0.25, 0.3) is 0 Å². The lowest BCUT2D eigenvalue weighted by Crippen LogP contribution is -2.42. The van der Waals surface area contributed by atoms with E-state index >= 15 is 0 Å². The van der Waals surface area contributed by atoms with Gasteiger partial charge < -0.3 is 5.32 Å². The maximum Gasteiger partial charge on any atom is 0.244 e. The fourth-order valence-corrected chi connectivity index (χ4v) is 6.19. The molecule has 0 radical (unpaired) electrons. The lowest BCUT2D eigenvalue weighted by atomic mass is 10.0. The zero-order chi connectivity index (χ0) is 15.0. The predicted octanol–water partition coefficient (Wildman–Crippen LogP) is 2.73. The molecule has 20 heavy (non-hydrogen) atoms. The zero-order valence-corrected chi connectivity index (χ0v) is 14.3. The quantitative estimate of drug-likeness (QED) is 0.908. The molecule has 2 rings (SSSR count). The third-order valence-corrected chi connectivity index (χ3v) is 7.28. The Labute approximate surface area is 126 Å². The van der Waals surface area contributed by atoms with Crippen LogP contribution in [0, 0.1) is 6.92 Å². The first-order valence-electron chi connectivity index (χ1n) is 7.12. The van der Waals surface area contributed by atoms with Gasteiger partial charge >= 0.3 is 0 Å². The van der Waals surface area contributed by atoms with Gasteiger partial charge in [-0.1, -0.05) is 6.92 Å². The van der Waals surface area contributed by atoms with E-state index in [1.807, 2.05) is 33.8 Å². The van der Waals surface area contributed by atoms with Crippen molar-refractivity contribution in [3.05, 3.63) is 15.8 Å². The van der Waals surface area contributed by atoms with Gasteiger partial charge in [-0.3, -0.25) is 0 Å². The first-order valence-corrected chi connectivity index (χ1v) is 9.37. The molecule has 1 aromatic heterocycles. The molecule has 0 amide bonds. The van der Waals surface area contributed by atoms with Gasteiger partial charge in [0, 0.05) is 28.4 Å². The van der Waals surface area contributed by atoms with Crippen LogP contribution in [0.5, 0.6) is 0 Å². The second-order valence-electron chi connectivity index (χ2n) is 5.91. The molecule has 1 saturated heterocycles. The molecule has 6 heteroatoms. The standard InChI is InChI=1S/C14H24N2O2S2/c1-5-15-10-12-9-13(11(2)19-12)20(17,18)16-8-6-7-14(16,3)4/h9,15H,5-8,10H2,1-4H3. The van der Waals surface area contributed by atoms with Crippen LogP contribution in [0.1, 0.15) is 43.4 Å². The number of aryl methyl sites for hydroxylation is 1. The minimum atomic E-state index is -3.37. The number of rotatable bonds is 5. The molecule has 4 nitrogen and oxygen atoms in total. The van der Waals surface area contributed by atoms with Crippen molar-refractivity contribution in [3.8, 4) is 0 Å². The Kier molecular flexibility index (Phi) is 4.59. The van der Waals surface area contributed by atoms with Gasteiger partial charge in [0.1, 0.15) is 0 Å². The van der Waals surface area contributed by atoms with Crippen LogP contribution in [0.4, 0.5) is 0 Å². The van der Waals surface area contributed by atoms with Gasteiger partial charge in [0.2, 0.25) is 10.0 Å². The molecule has 0 spiro atoms. The fourth-order valence-electron chi connectivity index (χ4n) is 2.76. The molecule has 0 aromatic carbocycles. The molecule has 0 aliphatic carbocycles. The maximum atomic E-state index is 12.9. The SMILES string of the molecule is CCNCc1cc(S(=O)(=O)N2CCCC2(C)C)c(C)s1. The largest absolute Gasteiger partial charge is 0.312 e. The number of hydrogen-bond acceptors (Lipinski definition) is 4. The molecule has 0 unspecified atom stereocenters. The number of nitrogens with zero attached hydrogens (tertiary/aromatic N) is 1. The van der Waals surface area contributed by atoms with Crippen LogP contribution >= 0.6 is 11.3 Å². The van der Waals surface area contributed by atoms with Crippen molar-refractivity contribution in [2.45, 2.75) is 57.5 Å². The summed E-state index contributed by atoms with van der Waals surface area (Å²) in [7, 11) is -3.37. The number of thiophene rings is 1. The number of hydrogen-bond donors (Lipinski definition) is 1. The molecule has 1 aliphatic rings. The minimum Gasteiger partial charge on any atom is -0.312 e. The molecule has 1 N–H and O–H groups in total. The van der Waals surface area contributed by atoms with E-state index in [4.69, 9.17) is 0 Å². The molecule has 1 aliphatic heterocycles. The molecular weight excluding hydrogens is 292 g/mol. The summed E-state index contributed by atoms with van der Waals surface area (Å²) in [4.78, 5) is 2.46. The molecule has 114 valence electrons. The topological polar surface area (TPSA) is 49.4 Å². The second-order valence-corrected chi connectivity index (χ2v) is 9.08. The van der Waals surface area contributed by atoms with Crippen molar-refractivity contribution in [2.24, 2.45) is 0 Å². The molecule has 1 fully saturated rings. The highest BCUT2D eigenvalue weighted by molar-refractivity contribution is 7.89. The Hall–Kier alpha value is -0.430. The Morgan fingerprint density at radius 1 is 1.45 bits per heavy atom. The summed E-state index contributed by atoms with van der Waals surface area (Å²) in [6, 6.07) is 1.84. The first kappa shape index (κ1) is 15.9. The van der Waals surface area contributed by atoms with E-state index in [2.05, 4.69) is 5.32 Å². The number of sulfonamides is 1. The minimum absolute atomic E-state index is 0.269. The smallest absolute Gasteiger partial charge is 0.244 e. The van der Waals surface area contributed by atoms with Crippen molar-refractivity contribution >= 4 is 21.4 Å². The predicted molar refractivity (Wildman–Crippen MR) is 83.6 cm³/mol. The van der Waals surface area contributed by atoms with Gasteiger partial charge in [-0.2, -0.15) is 4.31 Å². The van der Waals surface area contributed by atoms with Crippen molar-refractivity contribution in [3.63, 3.8) is 0 Å². The lowest BCUT2D eigenvalue weighted by Gasteiger charge is -2.30. The first-order chi connectivity index (χ1) is 9.29. The third kappa shape index (κ3) is 2.93. The van der Waals surface area contributed by atoms with E-state index in [0.29, 0.717) is 11.4 Å². The van der Waals surface area contributed by atoms with Gasteiger partial charge in [0.25, 0.3) is 0 Å². The van der Waals surface area contributed by atoms with Crippen molar-refractivity contribution in [1.29, 1.82) is 0 Å². The highest BCUT2D eigenvalue weighted by Gasteiger charge is 2.41. The van der Waals surface area contributed by atoms with Gasteiger partial charge in [0.05, 0.1) is 4.90 Å². The Bertz CT molecular complexity index is 576. The van der Waals surface area contributed by atoms with Gasteiger partial charge in [-0.25, -0.2) is 8.42 Å². The van der Waals surface area contributed by atoms with E-state index in [0.717, 1.165) is 35.7 Å². The normalized spacial score (nSPS) is 19.6. The highest BCUT2D eigenvalue weighted by Crippen LogP contribution is 2.36. The molecule has 0 saturated carbocycles. The fraction of sp³-hybridized carbons (Fsp3) is 0.714. The van der Waals surface area contributed by atoms with Crippen LogP contribution < -0.4 is 5.32 Å². The van der Waals surface area contributed by atoms with E-state index in [-0.39, 0.29) is 5.54 Å². The molecule has 0 atom stereocenters. The Balaban J connectivity index is 2.32. The average molecular weight is 316 g/mol. The van der Waals surface area contributed by atoms with Gasteiger partial charge in [-0.15, -0.1) is 11.3 Å². The Morgan fingerprint density at radius 3 is 2.70 bits per heavy atom. The van der Waals surface area contributed by atoms with Crippen molar-refractivity contribution < 1.29 is 8.42 Å². The lowest BCUT2D eigenvalue weighted by molar-refractivity contribution is 0.291. The summed E-state index contributed by atoms with van der Waals surface area (Å²) in [5.74, 6) is 0. The Morgan fingerprint density at radius 2 is 2.15 bits per heavy atom. The van der Waals surface area contributed by atoms with E-state index < -0.39 is 10.0 Å². The second kappa shape index (κ2) is 5.75. The van der Waals surface area contributed by atoms with E-state index in [9.17, 15) is 8.42 Å². The van der Waals surface area contributed by atoms with Crippen LogP contribution in [-0.2, 0) is 16.6 Å². The van der Waals surface area contributed by atoms with E-state index in [1.165, 1.54) is 0 Å². The van der Waals surface area contributed by atoms with Crippen LogP contribution in [0.15, 0.2) is 11.0 Å².